The molecule has 1 aromatic rings. The number of hydrogen-bond acceptors (Lipinski definition) is 4. The van der Waals surface area contributed by atoms with Gasteiger partial charge in [0, 0.05) is 18.0 Å². The van der Waals surface area contributed by atoms with Gasteiger partial charge in [-0.25, -0.2) is 0 Å². The van der Waals surface area contributed by atoms with E-state index in [1.165, 1.54) is 11.3 Å². The number of nitrogens with one attached hydrogen (secondary N) is 2. The summed E-state index contributed by atoms with van der Waals surface area (Å²) >= 11 is 1.59. The predicted octanol–water partition coefficient (Wildman–Crippen LogP) is 2.79. The fourth-order valence-electron chi connectivity index (χ4n) is 1.30. The molecule has 18 heavy (non-hydrogen) atoms. The van der Waals surface area contributed by atoms with Crippen molar-refractivity contribution in [2.24, 2.45) is 0 Å². The molecule has 0 radical (unpaired) electrons. The Balaban J connectivity index is 2.39. The van der Waals surface area contributed by atoms with Crippen molar-refractivity contribution in [2.45, 2.75) is 24.0 Å². The van der Waals surface area contributed by atoms with Crippen LogP contribution in [0.25, 0.3) is 0 Å². The quantitative estimate of drug-likeness (QED) is 0.572. The highest BCUT2D eigenvalue weighted by molar-refractivity contribution is 7.99. The highest BCUT2D eigenvalue weighted by Gasteiger charge is 2.16. The second-order valence-corrected chi connectivity index (χ2v) is 5.45. The van der Waals surface area contributed by atoms with Crippen LogP contribution in [0.3, 0.4) is 0 Å². The van der Waals surface area contributed by atoms with Crippen molar-refractivity contribution in [3.05, 3.63) is 16.3 Å². The Labute approximate surface area is 113 Å². The van der Waals surface area contributed by atoms with Crippen molar-refractivity contribution in [1.82, 2.24) is 10.6 Å². The minimum atomic E-state index is -2.50. The molecule has 3 nitrogen and oxygen atoms in total. The number of rotatable bonds is 8. The molecule has 0 aliphatic heterocycles. The van der Waals surface area contributed by atoms with Crippen LogP contribution in [0.1, 0.15) is 23.0 Å². The van der Waals surface area contributed by atoms with Gasteiger partial charge in [-0.3, -0.25) is 4.79 Å². The number of thiophene rings is 1. The van der Waals surface area contributed by atoms with Gasteiger partial charge in [-0.2, -0.15) is 8.78 Å². The van der Waals surface area contributed by atoms with E-state index in [2.05, 4.69) is 17.6 Å². The lowest BCUT2D eigenvalue weighted by Crippen LogP contribution is -2.31. The first-order valence-corrected chi connectivity index (χ1v) is 7.42. The van der Waals surface area contributed by atoms with E-state index in [9.17, 15) is 13.6 Å². The molecule has 0 unspecified atom stereocenters. The number of thioether (sulfide) groups is 1. The molecule has 102 valence electrons. The summed E-state index contributed by atoms with van der Waals surface area (Å²) in [6.07, 6.45) is 1.04. The van der Waals surface area contributed by atoms with Gasteiger partial charge in [0.2, 0.25) is 0 Å². The minimum Gasteiger partial charge on any atom is -0.350 e. The van der Waals surface area contributed by atoms with E-state index in [4.69, 9.17) is 0 Å². The molecule has 2 N–H and O–H groups in total. The van der Waals surface area contributed by atoms with Crippen LogP contribution in [0.15, 0.2) is 16.3 Å². The van der Waals surface area contributed by atoms with E-state index < -0.39 is 5.76 Å². The largest absolute Gasteiger partial charge is 0.350 e. The zero-order valence-corrected chi connectivity index (χ0v) is 11.7. The Hall–Kier alpha value is -0.660. The molecule has 0 bridgehead atoms. The van der Waals surface area contributed by atoms with Gasteiger partial charge in [-0.15, -0.1) is 11.3 Å². The van der Waals surface area contributed by atoms with Gasteiger partial charge in [0.25, 0.3) is 11.7 Å². The molecule has 1 aromatic heterocycles. The van der Waals surface area contributed by atoms with Gasteiger partial charge in [0.05, 0.1) is 0 Å². The molecule has 0 saturated carbocycles. The molecule has 0 aliphatic carbocycles. The minimum absolute atomic E-state index is 0.286. The molecular formula is C11H16F2N2OS2. The smallest absolute Gasteiger partial charge is 0.288 e. The van der Waals surface area contributed by atoms with Gasteiger partial charge in [-0.1, -0.05) is 18.7 Å². The average Bonchev–Trinajstić information content (AvgIpc) is 2.76. The maximum Gasteiger partial charge on any atom is 0.288 e. The van der Waals surface area contributed by atoms with Gasteiger partial charge in [0.15, 0.2) is 0 Å². The Kier molecular flexibility index (Phi) is 7.22. The summed E-state index contributed by atoms with van der Waals surface area (Å²) in [7, 11) is 0. The second kappa shape index (κ2) is 8.44. The SMILES string of the molecule is CCCNCCNC(=O)c1sccc1SC(F)F. The van der Waals surface area contributed by atoms with Crippen LogP contribution >= 0.6 is 23.1 Å². The first-order chi connectivity index (χ1) is 8.65. The van der Waals surface area contributed by atoms with E-state index in [1.54, 1.807) is 11.4 Å². The summed E-state index contributed by atoms with van der Waals surface area (Å²) in [5.41, 5.74) is 0. The number of amides is 1. The fraction of sp³-hybridized carbons (Fsp3) is 0.545. The fourth-order valence-corrected chi connectivity index (χ4v) is 2.92. The molecule has 1 heterocycles. The summed E-state index contributed by atoms with van der Waals surface area (Å²) in [4.78, 5) is 12.5. The normalized spacial score (nSPS) is 10.9. The molecule has 0 aliphatic rings. The number of carbonyl (C=O) groups excluding carboxylic acids is 1. The lowest BCUT2D eigenvalue weighted by molar-refractivity contribution is 0.0955. The highest BCUT2D eigenvalue weighted by atomic mass is 32.2. The van der Waals surface area contributed by atoms with Crippen molar-refractivity contribution in [3.63, 3.8) is 0 Å². The van der Waals surface area contributed by atoms with E-state index in [0.29, 0.717) is 34.6 Å². The van der Waals surface area contributed by atoms with Crippen LogP contribution in [-0.2, 0) is 0 Å². The Morgan fingerprint density at radius 3 is 2.89 bits per heavy atom. The first kappa shape index (κ1) is 15.4. The van der Waals surface area contributed by atoms with E-state index in [1.807, 2.05) is 0 Å². The zero-order valence-electron chi connectivity index (χ0n) is 10.0. The van der Waals surface area contributed by atoms with Crippen LogP contribution in [-0.4, -0.2) is 31.3 Å². The van der Waals surface area contributed by atoms with E-state index >= 15 is 0 Å². The maximum absolute atomic E-state index is 12.3. The molecule has 1 amide bonds. The summed E-state index contributed by atoms with van der Waals surface area (Å²) < 4.78 is 24.5. The molecule has 1 rings (SSSR count). The summed E-state index contributed by atoms with van der Waals surface area (Å²) in [6, 6.07) is 1.55. The summed E-state index contributed by atoms with van der Waals surface area (Å²) in [6.45, 7) is 4.14. The molecule has 7 heteroatoms. The van der Waals surface area contributed by atoms with Crippen LogP contribution in [0.2, 0.25) is 0 Å². The molecule has 0 spiro atoms. The second-order valence-electron chi connectivity index (χ2n) is 3.50. The number of carbonyl (C=O) groups is 1. The lowest BCUT2D eigenvalue weighted by Gasteiger charge is -2.06. The average molecular weight is 294 g/mol. The van der Waals surface area contributed by atoms with Crippen molar-refractivity contribution in [1.29, 1.82) is 0 Å². The van der Waals surface area contributed by atoms with Crippen molar-refractivity contribution in [2.75, 3.05) is 19.6 Å². The molecule has 0 fully saturated rings. The van der Waals surface area contributed by atoms with Crippen LogP contribution in [0.4, 0.5) is 8.78 Å². The van der Waals surface area contributed by atoms with Crippen LogP contribution < -0.4 is 10.6 Å². The highest BCUT2D eigenvalue weighted by Crippen LogP contribution is 2.31. The monoisotopic (exact) mass is 294 g/mol. The summed E-state index contributed by atoms with van der Waals surface area (Å²) in [5.74, 6) is -2.79. The Morgan fingerprint density at radius 2 is 2.22 bits per heavy atom. The van der Waals surface area contributed by atoms with E-state index in [-0.39, 0.29) is 5.91 Å². The molecule has 0 atom stereocenters. The standard InChI is InChI=1S/C11H16F2N2OS2/c1-2-4-14-5-6-15-10(16)9-8(3-7-17-9)18-11(12)13/h3,7,11,14H,2,4-6H2,1H3,(H,15,16). The molecular weight excluding hydrogens is 278 g/mol. The third-order valence-electron chi connectivity index (χ3n) is 2.07. The predicted molar refractivity (Wildman–Crippen MR) is 71.7 cm³/mol. The third kappa shape index (κ3) is 5.32. The van der Waals surface area contributed by atoms with Crippen molar-refractivity contribution < 1.29 is 13.6 Å². The van der Waals surface area contributed by atoms with Gasteiger partial charge < -0.3 is 10.6 Å². The number of hydrogen-bond donors (Lipinski definition) is 2. The molecule has 0 aromatic carbocycles. The van der Waals surface area contributed by atoms with Gasteiger partial charge in [0.1, 0.15) is 4.88 Å². The number of halogens is 2. The van der Waals surface area contributed by atoms with Crippen LogP contribution in [0, 0.1) is 0 Å². The van der Waals surface area contributed by atoms with Crippen molar-refractivity contribution in [3.8, 4) is 0 Å². The van der Waals surface area contributed by atoms with Crippen LogP contribution in [0.5, 0.6) is 0 Å². The summed E-state index contributed by atoms with van der Waals surface area (Å²) in [5, 5.41) is 7.50. The topological polar surface area (TPSA) is 41.1 Å². The Morgan fingerprint density at radius 1 is 1.44 bits per heavy atom. The first-order valence-electron chi connectivity index (χ1n) is 5.66. The zero-order chi connectivity index (χ0) is 13.4. The van der Waals surface area contributed by atoms with E-state index in [0.717, 1.165) is 13.0 Å². The van der Waals surface area contributed by atoms with Gasteiger partial charge >= 0.3 is 0 Å². The Bertz CT molecular complexity index is 372. The lowest BCUT2D eigenvalue weighted by atomic mass is 10.4. The number of alkyl halides is 2. The van der Waals surface area contributed by atoms with Gasteiger partial charge in [-0.05, 0) is 24.4 Å². The third-order valence-corrected chi connectivity index (χ3v) is 3.88. The molecule has 0 saturated heterocycles. The van der Waals surface area contributed by atoms with Crippen molar-refractivity contribution >= 4 is 29.0 Å². The maximum atomic E-state index is 12.3.